The van der Waals surface area contributed by atoms with E-state index in [1.54, 1.807) is 12.7 Å². The van der Waals surface area contributed by atoms with Crippen LogP contribution in [0.5, 0.6) is 0 Å². The third kappa shape index (κ3) is 3.69. The summed E-state index contributed by atoms with van der Waals surface area (Å²) in [5.74, 6) is 0. The number of nitrogens with zero attached hydrogens (tertiary/aromatic N) is 1. The molecule has 2 aromatic heterocycles. The molecule has 0 aromatic carbocycles. The van der Waals surface area contributed by atoms with Gasteiger partial charge in [0.25, 0.3) is 0 Å². The van der Waals surface area contributed by atoms with Crippen LogP contribution in [-0.4, -0.2) is 37.7 Å². The normalized spacial score (nSPS) is 17.6. The SMILES string of the molecule is COC(C)CN1CCC(=C(c2cccs2)c2cccs2)CC1. The van der Waals surface area contributed by atoms with Crippen molar-refractivity contribution >= 4 is 28.2 Å². The van der Waals surface area contributed by atoms with Gasteiger partial charge in [-0.15, -0.1) is 22.7 Å². The first-order valence-electron chi connectivity index (χ1n) is 7.83. The molecule has 1 atom stereocenters. The van der Waals surface area contributed by atoms with Gasteiger partial charge in [-0.2, -0.15) is 0 Å². The van der Waals surface area contributed by atoms with E-state index in [0.29, 0.717) is 6.10 Å². The monoisotopic (exact) mass is 333 g/mol. The third-order valence-electron chi connectivity index (χ3n) is 4.27. The van der Waals surface area contributed by atoms with Crippen molar-refractivity contribution in [3.63, 3.8) is 0 Å². The smallest absolute Gasteiger partial charge is 0.0670 e. The second-order valence-corrected chi connectivity index (χ2v) is 7.68. The Morgan fingerprint density at radius 3 is 2.18 bits per heavy atom. The average molecular weight is 334 g/mol. The number of rotatable bonds is 5. The zero-order valence-electron chi connectivity index (χ0n) is 13.2. The number of hydrogen-bond acceptors (Lipinski definition) is 4. The maximum absolute atomic E-state index is 5.39. The van der Waals surface area contributed by atoms with Gasteiger partial charge in [0.05, 0.1) is 6.10 Å². The van der Waals surface area contributed by atoms with Crippen LogP contribution >= 0.6 is 22.7 Å². The standard InChI is InChI=1S/C18H23NOS2/c1-14(20-2)13-19-9-7-15(8-10-19)18(16-5-3-11-21-16)17-6-4-12-22-17/h3-6,11-12,14H,7-10,13H2,1-2H3. The first kappa shape index (κ1) is 15.9. The van der Waals surface area contributed by atoms with Crippen molar-refractivity contribution in [2.24, 2.45) is 0 Å². The first-order valence-corrected chi connectivity index (χ1v) is 9.58. The van der Waals surface area contributed by atoms with E-state index in [-0.39, 0.29) is 0 Å². The second-order valence-electron chi connectivity index (χ2n) is 5.78. The minimum atomic E-state index is 0.319. The summed E-state index contributed by atoms with van der Waals surface area (Å²) in [5, 5.41) is 4.36. The van der Waals surface area contributed by atoms with E-state index >= 15 is 0 Å². The fourth-order valence-electron chi connectivity index (χ4n) is 3.01. The number of piperidine rings is 1. The highest BCUT2D eigenvalue weighted by Crippen LogP contribution is 2.36. The van der Waals surface area contributed by atoms with Gasteiger partial charge in [-0.3, -0.25) is 0 Å². The molecule has 1 saturated heterocycles. The van der Waals surface area contributed by atoms with E-state index in [4.69, 9.17) is 4.74 Å². The van der Waals surface area contributed by atoms with Crippen LogP contribution < -0.4 is 0 Å². The minimum Gasteiger partial charge on any atom is -0.380 e. The van der Waals surface area contributed by atoms with E-state index in [1.165, 1.54) is 28.2 Å². The maximum Gasteiger partial charge on any atom is 0.0670 e. The summed E-state index contributed by atoms with van der Waals surface area (Å²) in [7, 11) is 1.80. The van der Waals surface area contributed by atoms with Crippen LogP contribution in [0.25, 0.3) is 5.57 Å². The van der Waals surface area contributed by atoms with Crippen LogP contribution in [0, 0.1) is 0 Å². The number of ether oxygens (including phenoxy) is 1. The lowest BCUT2D eigenvalue weighted by atomic mass is 9.95. The molecule has 0 aliphatic carbocycles. The van der Waals surface area contributed by atoms with E-state index in [0.717, 1.165) is 19.6 Å². The fourth-order valence-corrected chi connectivity index (χ4v) is 4.74. The molecule has 1 fully saturated rings. The molecule has 3 heterocycles. The second kappa shape index (κ2) is 7.55. The van der Waals surface area contributed by atoms with Crippen molar-refractivity contribution < 1.29 is 4.74 Å². The molecule has 0 bridgehead atoms. The van der Waals surface area contributed by atoms with E-state index in [9.17, 15) is 0 Å². The summed E-state index contributed by atoms with van der Waals surface area (Å²) >= 11 is 3.71. The Balaban J connectivity index is 1.79. The third-order valence-corrected chi connectivity index (χ3v) is 6.04. The van der Waals surface area contributed by atoms with Crippen LogP contribution in [0.2, 0.25) is 0 Å². The highest BCUT2D eigenvalue weighted by atomic mass is 32.1. The fraction of sp³-hybridized carbons (Fsp3) is 0.444. The lowest BCUT2D eigenvalue weighted by molar-refractivity contribution is 0.0742. The zero-order valence-corrected chi connectivity index (χ0v) is 14.9. The molecule has 3 rings (SSSR count). The summed E-state index contributed by atoms with van der Waals surface area (Å²) < 4.78 is 5.39. The lowest BCUT2D eigenvalue weighted by Crippen LogP contribution is -2.36. The molecule has 0 N–H and O–H groups in total. The van der Waals surface area contributed by atoms with Crippen LogP contribution in [0.15, 0.2) is 40.6 Å². The molecule has 1 aliphatic rings. The highest BCUT2D eigenvalue weighted by molar-refractivity contribution is 7.13. The minimum absolute atomic E-state index is 0.319. The Labute approximate surface area is 141 Å². The summed E-state index contributed by atoms with van der Waals surface area (Å²) in [4.78, 5) is 5.35. The molecule has 4 heteroatoms. The number of thiophene rings is 2. The Kier molecular flexibility index (Phi) is 5.47. The van der Waals surface area contributed by atoms with E-state index in [1.807, 2.05) is 22.7 Å². The molecule has 0 spiro atoms. The molecule has 0 saturated carbocycles. The predicted octanol–water partition coefficient (Wildman–Crippen LogP) is 4.74. The summed E-state index contributed by atoms with van der Waals surface area (Å²) in [5.41, 5.74) is 3.11. The van der Waals surface area contributed by atoms with Crippen LogP contribution in [0.3, 0.4) is 0 Å². The van der Waals surface area contributed by atoms with Crippen molar-refractivity contribution in [2.75, 3.05) is 26.7 Å². The van der Waals surface area contributed by atoms with Crippen molar-refractivity contribution in [3.8, 4) is 0 Å². The largest absolute Gasteiger partial charge is 0.380 e. The molecular weight excluding hydrogens is 310 g/mol. The molecular formula is C18H23NOS2. The Hall–Kier alpha value is -0.940. The topological polar surface area (TPSA) is 12.5 Å². The molecule has 2 nitrogen and oxygen atoms in total. The Morgan fingerprint density at radius 1 is 1.14 bits per heavy atom. The maximum atomic E-state index is 5.39. The van der Waals surface area contributed by atoms with Crippen molar-refractivity contribution in [3.05, 3.63) is 50.4 Å². The van der Waals surface area contributed by atoms with Gasteiger partial charge in [0.1, 0.15) is 0 Å². The molecule has 1 unspecified atom stereocenters. The summed E-state index contributed by atoms with van der Waals surface area (Å²) in [6.07, 6.45) is 2.66. The van der Waals surface area contributed by atoms with Crippen LogP contribution in [0.1, 0.15) is 29.5 Å². The van der Waals surface area contributed by atoms with Gasteiger partial charge >= 0.3 is 0 Å². The van der Waals surface area contributed by atoms with Crippen molar-refractivity contribution in [1.82, 2.24) is 4.90 Å². The van der Waals surface area contributed by atoms with Gasteiger partial charge in [-0.1, -0.05) is 17.7 Å². The van der Waals surface area contributed by atoms with E-state index < -0.39 is 0 Å². The zero-order chi connectivity index (χ0) is 15.4. The van der Waals surface area contributed by atoms with Gasteiger partial charge in [0.15, 0.2) is 0 Å². The molecule has 22 heavy (non-hydrogen) atoms. The van der Waals surface area contributed by atoms with Crippen LogP contribution in [-0.2, 0) is 4.74 Å². The van der Waals surface area contributed by atoms with Crippen LogP contribution in [0.4, 0.5) is 0 Å². The Morgan fingerprint density at radius 2 is 1.73 bits per heavy atom. The summed E-state index contributed by atoms with van der Waals surface area (Å²) in [6, 6.07) is 8.82. The quantitative estimate of drug-likeness (QED) is 0.783. The van der Waals surface area contributed by atoms with Gasteiger partial charge < -0.3 is 9.64 Å². The molecule has 118 valence electrons. The first-order chi connectivity index (χ1) is 10.8. The molecule has 1 aliphatic heterocycles. The number of likely N-dealkylation sites (tertiary alicyclic amines) is 1. The summed E-state index contributed by atoms with van der Waals surface area (Å²) in [6.45, 7) is 5.47. The highest BCUT2D eigenvalue weighted by Gasteiger charge is 2.20. The molecule has 0 radical (unpaired) electrons. The van der Waals surface area contributed by atoms with Gasteiger partial charge in [0.2, 0.25) is 0 Å². The predicted molar refractivity (Wildman–Crippen MR) is 96.8 cm³/mol. The Bertz CT molecular complexity index is 555. The molecule has 2 aromatic rings. The van der Waals surface area contributed by atoms with Gasteiger partial charge in [-0.25, -0.2) is 0 Å². The average Bonchev–Trinajstić information content (AvgIpc) is 3.23. The number of hydrogen-bond donors (Lipinski definition) is 0. The number of methoxy groups -OCH3 is 1. The van der Waals surface area contributed by atoms with Crippen molar-refractivity contribution in [1.29, 1.82) is 0 Å². The lowest BCUT2D eigenvalue weighted by Gasteiger charge is -2.31. The van der Waals surface area contributed by atoms with Gasteiger partial charge in [-0.05, 0) is 42.7 Å². The van der Waals surface area contributed by atoms with Gasteiger partial charge in [0, 0.05) is 42.1 Å². The molecule has 0 amide bonds. The van der Waals surface area contributed by atoms with E-state index in [2.05, 4.69) is 46.8 Å². The van der Waals surface area contributed by atoms with Crippen molar-refractivity contribution in [2.45, 2.75) is 25.9 Å².